The maximum Gasteiger partial charge on any atom is 0.165 e. The molecule has 0 bridgehead atoms. The second-order valence-corrected chi connectivity index (χ2v) is 6.54. The van der Waals surface area contributed by atoms with Gasteiger partial charge in [-0.05, 0) is 37.4 Å². The van der Waals surface area contributed by atoms with Crippen LogP contribution in [0.3, 0.4) is 0 Å². The van der Waals surface area contributed by atoms with E-state index in [9.17, 15) is 4.79 Å². The van der Waals surface area contributed by atoms with Gasteiger partial charge in [0.25, 0.3) is 0 Å². The number of ether oxygens (including phenoxy) is 2. The Labute approximate surface area is 137 Å². The molecule has 0 aliphatic heterocycles. The Morgan fingerprint density at radius 2 is 2.13 bits per heavy atom. The Kier molecular flexibility index (Phi) is 4.19. The summed E-state index contributed by atoms with van der Waals surface area (Å²) in [6, 6.07) is 4.39. The van der Waals surface area contributed by atoms with Crippen LogP contribution in [-0.2, 0) is 16.6 Å². The molecule has 0 radical (unpaired) electrons. The fourth-order valence-electron chi connectivity index (χ4n) is 4.61. The molecule has 1 aromatic carbocycles. The third-order valence-corrected chi connectivity index (χ3v) is 5.64. The van der Waals surface area contributed by atoms with Crippen LogP contribution in [0.25, 0.3) is 0 Å². The van der Waals surface area contributed by atoms with Gasteiger partial charge < -0.3 is 14.8 Å². The van der Waals surface area contributed by atoms with Crippen LogP contribution in [0, 0.1) is 5.92 Å². The van der Waals surface area contributed by atoms with Crippen LogP contribution in [0.1, 0.15) is 30.4 Å². The number of benzene rings is 1. The van der Waals surface area contributed by atoms with Gasteiger partial charge in [0.1, 0.15) is 5.78 Å². The van der Waals surface area contributed by atoms with Crippen LogP contribution in [0.4, 0.5) is 0 Å². The zero-order valence-corrected chi connectivity index (χ0v) is 14.1. The summed E-state index contributed by atoms with van der Waals surface area (Å²) in [5.41, 5.74) is 1.93. The second-order valence-electron chi connectivity index (χ2n) is 6.54. The summed E-state index contributed by atoms with van der Waals surface area (Å²) >= 11 is 0. The van der Waals surface area contributed by atoms with Crippen molar-refractivity contribution in [2.45, 2.75) is 37.1 Å². The Bertz CT molecular complexity index is 640. The van der Waals surface area contributed by atoms with E-state index in [0.29, 0.717) is 36.3 Å². The van der Waals surface area contributed by atoms with Crippen molar-refractivity contribution in [1.82, 2.24) is 5.32 Å². The number of ketones is 1. The van der Waals surface area contributed by atoms with E-state index in [-0.39, 0.29) is 5.41 Å². The lowest BCUT2D eigenvalue weighted by Crippen LogP contribution is -2.54. The second kappa shape index (κ2) is 6.00. The molecule has 1 fully saturated rings. The summed E-state index contributed by atoms with van der Waals surface area (Å²) in [5, 5.41) is 3.45. The standard InChI is InChI=1S/C19H25NO3/c1-5-19-11-13(21)7-8-14(19)15(20-2)10-12-6-9-16(22-3)18(23-4)17(12)19/h5-6,9,14-15,20H,1,7-8,10-11H2,2-4H3/t14-,15-,19-/m1/s1. The zero-order valence-electron chi connectivity index (χ0n) is 14.1. The van der Waals surface area contributed by atoms with Gasteiger partial charge in [-0.25, -0.2) is 0 Å². The van der Waals surface area contributed by atoms with Gasteiger partial charge in [-0.2, -0.15) is 0 Å². The molecule has 3 rings (SSSR count). The van der Waals surface area contributed by atoms with Crippen molar-refractivity contribution in [3.63, 3.8) is 0 Å². The highest BCUT2D eigenvalue weighted by Gasteiger charge is 2.51. The molecule has 2 aliphatic carbocycles. The van der Waals surface area contributed by atoms with Crippen LogP contribution >= 0.6 is 0 Å². The molecule has 0 aromatic heterocycles. The van der Waals surface area contributed by atoms with E-state index in [4.69, 9.17) is 9.47 Å². The number of hydrogen-bond acceptors (Lipinski definition) is 4. The van der Waals surface area contributed by atoms with E-state index in [2.05, 4.69) is 18.0 Å². The van der Waals surface area contributed by atoms with Gasteiger partial charge in [0.15, 0.2) is 11.5 Å². The quantitative estimate of drug-likeness (QED) is 0.868. The maximum atomic E-state index is 12.3. The minimum Gasteiger partial charge on any atom is -0.493 e. The third kappa shape index (κ3) is 2.27. The first kappa shape index (κ1) is 16.1. The van der Waals surface area contributed by atoms with Crippen molar-refractivity contribution in [1.29, 1.82) is 0 Å². The molecule has 4 nitrogen and oxygen atoms in total. The highest BCUT2D eigenvalue weighted by molar-refractivity contribution is 5.82. The number of methoxy groups -OCH3 is 2. The number of carbonyl (C=O) groups excluding carboxylic acids is 1. The van der Waals surface area contributed by atoms with Crippen molar-refractivity contribution in [3.05, 3.63) is 35.9 Å². The number of Topliss-reactive ketones (excluding diaryl/α,β-unsaturated/α-hetero) is 1. The monoisotopic (exact) mass is 315 g/mol. The Balaban J connectivity index is 2.28. The lowest BCUT2D eigenvalue weighted by Gasteiger charge is -2.50. The van der Waals surface area contributed by atoms with Crippen LogP contribution in [0.15, 0.2) is 24.8 Å². The van der Waals surface area contributed by atoms with Gasteiger partial charge in [-0.1, -0.05) is 12.1 Å². The summed E-state index contributed by atoms with van der Waals surface area (Å²) in [5.74, 6) is 2.11. The number of likely N-dealkylation sites (N-methyl/N-ethyl adjacent to an activating group) is 1. The maximum absolute atomic E-state index is 12.3. The summed E-state index contributed by atoms with van der Waals surface area (Å²) in [6.45, 7) is 4.12. The summed E-state index contributed by atoms with van der Waals surface area (Å²) in [6.07, 6.45) is 4.94. The lowest BCUT2D eigenvalue weighted by atomic mass is 9.55. The fourth-order valence-corrected chi connectivity index (χ4v) is 4.61. The zero-order chi connectivity index (χ0) is 16.6. The van der Waals surface area contributed by atoms with Gasteiger partial charge in [-0.15, -0.1) is 6.58 Å². The highest BCUT2D eigenvalue weighted by Crippen LogP contribution is 2.54. The Hall–Kier alpha value is -1.81. The van der Waals surface area contributed by atoms with Gasteiger partial charge in [-0.3, -0.25) is 4.79 Å². The largest absolute Gasteiger partial charge is 0.493 e. The molecule has 2 aliphatic rings. The topological polar surface area (TPSA) is 47.6 Å². The molecule has 1 aromatic rings. The predicted octanol–water partition coefficient (Wildman–Crippen LogP) is 2.64. The third-order valence-electron chi connectivity index (χ3n) is 5.64. The lowest BCUT2D eigenvalue weighted by molar-refractivity contribution is -0.123. The van der Waals surface area contributed by atoms with E-state index in [1.807, 2.05) is 19.2 Å². The molecule has 0 saturated heterocycles. The van der Waals surface area contributed by atoms with Crippen molar-refractivity contribution in [2.75, 3.05) is 21.3 Å². The van der Waals surface area contributed by atoms with E-state index in [1.165, 1.54) is 5.56 Å². The molecular weight excluding hydrogens is 290 g/mol. The molecule has 4 heteroatoms. The van der Waals surface area contributed by atoms with Crippen LogP contribution in [0.5, 0.6) is 11.5 Å². The number of fused-ring (bicyclic) bond motifs is 3. The molecular formula is C19H25NO3. The number of hydrogen-bond donors (Lipinski definition) is 1. The minimum absolute atomic E-state index is 0.300. The van der Waals surface area contributed by atoms with Gasteiger partial charge in [0.2, 0.25) is 0 Å². The van der Waals surface area contributed by atoms with Crippen LogP contribution in [-0.4, -0.2) is 33.1 Å². The van der Waals surface area contributed by atoms with Gasteiger partial charge in [0, 0.05) is 29.9 Å². The molecule has 0 heterocycles. The Morgan fingerprint density at radius 3 is 2.74 bits per heavy atom. The molecule has 23 heavy (non-hydrogen) atoms. The van der Waals surface area contributed by atoms with Crippen molar-refractivity contribution < 1.29 is 14.3 Å². The molecule has 0 unspecified atom stereocenters. The van der Waals surface area contributed by atoms with Crippen molar-refractivity contribution in [2.24, 2.45) is 5.92 Å². The highest BCUT2D eigenvalue weighted by atomic mass is 16.5. The van der Waals surface area contributed by atoms with Gasteiger partial charge in [0.05, 0.1) is 14.2 Å². The molecule has 3 atom stereocenters. The summed E-state index contributed by atoms with van der Waals surface area (Å²) < 4.78 is 11.2. The first-order chi connectivity index (χ1) is 11.1. The smallest absolute Gasteiger partial charge is 0.165 e. The van der Waals surface area contributed by atoms with Gasteiger partial charge >= 0.3 is 0 Å². The number of rotatable bonds is 4. The average Bonchev–Trinajstić information content (AvgIpc) is 2.59. The summed E-state index contributed by atoms with van der Waals surface area (Å²) in [4.78, 5) is 12.3. The van der Waals surface area contributed by atoms with Crippen molar-refractivity contribution in [3.8, 4) is 11.5 Å². The molecule has 1 saturated carbocycles. The number of nitrogens with one attached hydrogen (secondary N) is 1. The first-order valence-electron chi connectivity index (χ1n) is 8.18. The summed E-state index contributed by atoms with van der Waals surface area (Å²) in [7, 11) is 5.31. The molecule has 1 N–H and O–H groups in total. The predicted molar refractivity (Wildman–Crippen MR) is 90.3 cm³/mol. The molecule has 0 amide bonds. The molecule has 0 spiro atoms. The Morgan fingerprint density at radius 1 is 1.35 bits per heavy atom. The van der Waals surface area contributed by atoms with E-state index in [0.717, 1.165) is 24.2 Å². The van der Waals surface area contributed by atoms with E-state index >= 15 is 0 Å². The van der Waals surface area contributed by atoms with Crippen molar-refractivity contribution >= 4 is 5.78 Å². The first-order valence-corrected chi connectivity index (χ1v) is 8.18. The SMILES string of the molecule is C=C[C@@]12CC(=O)CC[C@@H]1[C@H](NC)Cc1ccc(OC)c(OC)c12. The molecule has 124 valence electrons. The fraction of sp³-hybridized carbons (Fsp3) is 0.526. The van der Waals surface area contributed by atoms with E-state index < -0.39 is 0 Å². The normalized spacial score (nSPS) is 29.4. The minimum atomic E-state index is -0.378. The van der Waals surface area contributed by atoms with Crippen LogP contribution in [0.2, 0.25) is 0 Å². The average molecular weight is 315 g/mol. The van der Waals surface area contributed by atoms with E-state index in [1.54, 1.807) is 14.2 Å². The number of carbonyl (C=O) groups is 1. The van der Waals surface area contributed by atoms with Crippen LogP contribution < -0.4 is 14.8 Å². The number of allylic oxidation sites excluding steroid dienone is 1.